The number of halogens is 3. The summed E-state index contributed by atoms with van der Waals surface area (Å²) in [7, 11) is -4.28. The lowest BCUT2D eigenvalue weighted by Gasteiger charge is -2.36. The molecule has 0 saturated carbocycles. The van der Waals surface area contributed by atoms with Crippen LogP contribution in [0.15, 0.2) is 36.2 Å². The summed E-state index contributed by atoms with van der Waals surface area (Å²) in [5.74, 6) is 0. The van der Waals surface area contributed by atoms with Gasteiger partial charge in [-0.25, -0.2) is 18.1 Å². The molecular weight excluding hydrogens is 393 g/mol. The minimum atomic E-state index is -4.72. The molecule has 2 aromatic rings. The van der Waals surface area contributed by atoms with Crippen molar-refractivity contribution in [1.82, 2.24) is 19.9 Å². The number of aryl methyl sites for hydroxylation is 1. The molecule has 6 nitrogen and oxygen atoms in total. The molecule has 2 aliphatic rings. The summed E-state index contributed by atoms with van der Waals surface area (Å²) >= 11 is 0. The Morgan fingerprint density at radius 1 is 1.32 bits per heavy atom. The van der Waals surface area contributed by atoms with Crippen LogP contribution in [-0.2, 0) is 22.9 Å². The molecule has 0 radical (unpaired) electrons. The topological polar surface area (TPSA) is 87.7 Å². The van der Waals surface area contributed by atoms with E-state index in [2.05, 4.69) is 19.9 Å². The van der Waals surface area contributed by atoms with E-state index in [9.17, 15) is 21.6 Å². The van der Waals surface area contributed by atoms with Crippen molar-refractivity contribution in [2.75, 3.05) is 0 Å². The molecule has 2 heterocycles. The maximum atomic E-state index is 13.4. The predicted octanol–water partition coefficient (Wildman–Crippen LogP) is 2.94. The second-order valence-corrected chi connectivity index (χ2v) is 9.54. The number of aromatic nitrogens is 3. The highest BCUT2D eigenvalue weighted by atomic mass is 32.2. The van der Waals surface area contributed by atoms with Crippen LogP contribution in [0.25, 0.3) is 11.0 Å². The zero-order valence-electron chi connectivity index (χ0n) is 15.0. The second kappa shape index (κ2) is 6.41. The van der Waals surface area contributed by atoms with Crippen LogP contribution < -0.4 is 4.72 Å². The molecule has 28 heavy (non-hydrogen) atoms. The lowest BCUT2D eigenvalue weighted by molar-refractivity contribution is -0.0970. The number of nitrogens with one attached hydrogen (secondary N) is 2. The van der Waals surface area contributed by atoms with Crippen molar-refractivity contribution in [3.05, 3.63) is 47.3 Å². The van der Waals surface area contributed by atoms with Gasteiger partial charge in [-0.2, -0.15) is 18.3 Å². The van der Waals surface area contributed by atoms with E-state index in [4.69, 9.17) is 0 Å². The molecule has 2 aliphatic carbocycles. The largest absolute Gasteiger partial charge is 0.414 e. The van der Waals surface area contributed by atoms with E-state index in [0.717, 1.165) is 29.5 Å². The predicted molar refractivity (Wildman–Crippen MR) is 98.1 cm³/mol. The molecule has 150 valence electrons. The van der Waals surface area contributed by atoms with Crippen LogP contribution in [0.2, 0.25) is 0 Å². The quantitative estimate of drug-likeness (QED) is 0.812. The number of alkyl halides is 3. The number of nitrogens with zero attached hydrogens (tertiary/aromatic N) is 2. The van der Waals surface area contributed by atoms with E-state index >= 15 is 0 Å². The summed E-state index contributed by atoms with van der Waals surface area (Å²) in [5, 5.41) is 7.66. The van der Waals surface area contributed by atoms with E-state index in [1.54, 1.807) is 12.4 Å². The SMILES string of the molecule is CC1(S(=O)(=O)NC2CCc3c(cnc4[nH]ncc34)C2)CC=CC=C1C(F)(F)F. The highest BCUT2D eigenvalue weighted by Crippen LogP contribution is 2.43. The van der Waals surface area contributed by atoms with Crippen molar-refractivity contribution >= 4 is 21.1 Å². The second-order valence-electron chi connectivity index (χ2n) is 7.40. The van der Waals surface area contributed by atoms with Crippen LogP contribution in [-0.4, -0.2) is 40.6 Å². The van der Waals surface area contributed by atoms with E-state index in [1.165, 1.54) is 12.2 Å². The highest BCUT2D eigenvalue weighted by Gasteiger charge is 2.53. The highest BCUT2D eigenvalue weighted by molar-refractivity contribution is 7.91. The van der Waals surface area contributed by atoms with E-state index in [-0.39, 0.29) is 6.42 Å². The summed E-state index contributed by atoms with van der Waals surface area (Å²) in [4.78, 5) is 4.27. The number of pyridine rings is 1. The van der Waals surface area contributed by atoms with Crippen molar-refractivity contribution in [3.63, 3.8) is 0 Å². The normalized spacial score (nSPS) is 25.6. The molecule has 2 atom stereocenters. The third kappa shape index (κ3) is 3.04. The maximum absolute atomic E-state index is 13.4. The first-order valence-electron chi connectivity index (χ1n) is 8.88. The first kappa shape index (κ1) is 19.1. The summed E-state index contributed by atoms with van der Waals surface area (Å²) in [5.41, 5.74) is 1.55. The summed E-state index contributed by atoms with van der Waals surface area (Å²) in [6, 6.07) is -0.485. The Morgan fingerprint density at radius 3 is 2.86 bits per heavy atom. The molecule has 10 heteroatoms. The fraction of sp³-hybridized carbons (Fsp3) is 0.444. The third-order valence-electron chi connectivity index (χ3n) is 5.59. The Hall–Kier alpha value is -2.20. The lowest BCUT2D eigenvalue weighted by Crippen LogP contribution is -2.52. The summed E-state index contributed by atoms with van der Waals surface area (Å²) in [6.45, 7) is 1.13. The Bertz CT molecular complexity index is 1090. The average molecular weight is 412 g/mol. The average Bonchev–Trinajstić information content (AvgIpc) is 3.09. The first-order chi connectivity index (χ1) is 13.1. The van der Waals surface area contributed by atoms with Gasteiger partial charge in [-0.1, -0.05) is 18.2 Å². The Morgan fingerprint density at radius 2 is 2.11 bits per heavy atom. The molecule has 0 amide bonds. The van der Waals surface area contributed by atoms with Crippen LogP contribution in [0.3, 0.4) is 0 Å². The molecule has 0 aromatic carbocycles. The monoisotopic (exact) mass is 412 g/mol. The molecule has 0 aliphatic heterocycles. The van der Waals surface area contributed by atoms with Gasteiger partial charge in [-0.3, -0.25) is 5.10 Å². The van der Waals surface area contributed by atoms with Gasteiger partial charge >= 0.3 is 6.18 Å². The standard InChI is InChI=1S/C18H19F3N4O2S/c1-17(7-3-2-4-15(17)18(19,20)21)28(26,27)25-12-5-6-13-11(8-12)9-22-16-14(13)10-23-24-16/h2-4,9-10,12,25H,5-8H2,1H3,(H,22,23,24). The molecule has 0 bridgehead atoms. The molecule has 4 rings (SSSR count). The van der Waals surface area contributed by atoms with Crippen LogP contribution >= 0.6 is 0 Å². The van der Waals surface area contributed by atoms with E-state index in [1.807, 2.05) is 0 Å². The maximum Gasteiger partial charge on any atom is 0.414 e. The van der Waals surface area contributed by atoms with Crippen molar-refractivity contribution in [2.45, 2.75) is 49.6 Å². The molecule has 2 unspecified atom stereocenters. The number of hydrogen-bond acceptors (Lipinski definition) is 4. The molecule has 0 fully saturated rings. The number of aromatic amines is 1. The molecule has 2 aromatic heterocycles. The van der Waals surface area contributed by atoms with Crippen molar-refractivity contribution in [2.24, 2.45) is 0 Å². The van der Waals surface area contributed by atoms with Crippen molar-refractivity contribution < 1.29 is 21.6 Å². The van der Waals surface area contributed by atoms with Crippen molar-refractivity contribution in [1.29, 1.82) is 0 Å². The number of sulfonamides is 1. The van der Waals surface area contributed by atoms with Gasteiger partial charge < -0.3 is 0 Å². The van der Waals surface area contributed by atoms with Gasteiger partial charge in [0.1, 0.15) is 4.75 Å². The minimum absolute atomic E-state index is 0.228. The van der Waals surface area contributed by atoms with Gasteiger partial charge in [0.05, 0.1) is 11.8 Å². The number of allylic oxidation sites excluding steroid dienone is 3. The van der Waals surface area contributed by atoms with Crippen LogP contribution in [0.1, 0.15) is 30.9 Å². The summed E-state index contributed by atoms with van der Waals surface area (Å²) < 4.78 is 66.8. The van der Waals surface area contributed by atoms with Crippen molar-refractivity contribution in [3.8, 4) is 0 Å². The lowest BCUT2D eigenvalue weighted by atomic mass is 9.88. The Labute approximate surface area is 160 Å². The first-order valence-corrected chi connectivity index (χ1v) is 10.4. The van der Waals surface area contributed by atoms with Gasteiger partial charge in [0.2, 0.25) is 10.0 Å². The van der Waals surface area contributed by atoms with Crippen LogP contribution in [0, 0.1) is 0 Å². The van der Waals surface area contributed by atoms with E-state index in [0.29, 0.717) is 24.9 Å². The number of H-pyrrole nitrogens is 1. The molecule has 0 saturated heterocycles. The van der Waals surface area contributed by atoms with Crippen LogP contribution in [0.5, 0.6) is 0 Å². The minimum Gasteiger partial charge on any atom is -0.261 e. The summed E-state index contributed by atoms with van der Waals surface area (Å²) in [6.07, 6.45) is 3.41. The van der Waals surface area contributed by atoms with Crippen LogP contribution in [0.4, 0.5) is 13.2 Å². The third-order valence-corrected chi connectivity index (χ3v) is 7.80. The van der Waals surface area contributed by atoms with Gasteiger partial charge in [-0.15, -0.1) is 0 Å². The fourth-order valence-electron chi connectivity index (χ4n) is 3.99. The smallest absolute Gasteiger partial charge is 0.261 e. The Kier molecular flexibility index (Phi) is 4.38. The van der Waals surface area contributed by atoms with Gasteiger partial charge in [-0.05, 0) is 43.7 Å². The van der Waals surface area contributed by atoms with Gasteiger partial charge in [0.15, 0.2) is 5.65 Å². The Balaban J connectivity index is 1.60. The van der Waals surface area contributed by atoms with Gasteiger partial charge in [0, 0.05) is 17.6 Å². The van der Waals surface area contributed by atoms with Gasteiger partial charge in [0.25, 0.3) is 0 Å². The van der Waals surface area contributed by atoms with E-state index < -0.39 is 32.6 Å². The molecular formula is C18H19F3N4O2S. The number of hydrogen-bond donors (Lipinski definition) is 2. The molecule has 0 spiro atoms. The number of rotatable bonds is 3. The number of fused-ring (bicyclic) bond motifs is 3. The fourth-order valence-corrected chi connectivity index (χ4v) is 5.68. The zero-order valence-corrected chi connectivity index (χ0v) is 15.9. The molecule has 2 N–H and O–H groups in total. The zero-order chi connectivity index (χ0) is 20.2.